The summed E-state index contributed by atoms with van der Waals surface area (Å²) in [4.78, 5) is 4.19. The Bertz CT molecular complexity index is 742. The van der Waals surface area contributed by atoms with Crippen molar-refractivity contribution >= 4 is 17.0 Å². The van der Waals surface area contributed by atoms with Gasteiger partial charge in [-0.2, -0.15) is 11.3 Å². The zero-order valence-electron chi connectivity index (χ0n) is 11.0. The van der Waals surface area contributed by atoms with Gasteiger partial charge in [0.15, 0.2) is 11.6 Å². The Morgan fingerprint density at radius 3 is 2.67 bits per heavy atom. The number of aromatic nitrogens is 1. The molecule has 0 spiro atoms. The maximum absolute atomic E-state index is 13.1. The van der Waals surface area contributed by atoms with E-state index in [1.54, 1.807) is 29.8 Å². The number of nitrogens with one attached hydrogen (secondary N) is 1. The molecule has 0 fully saturated rings. The first-order valence-electron chi connectivity index (χ1n) is 6.38. The van der Waals surface area contributed by atoms with E-state index in [1.165, 1.54) is 6.07 Å². The van der Waals surface area contributed by atoms with Crippen LogP contribution in [0.15, 0.2) is 53.5 Å². The van der Waals surface area contributed by atoms with Gasteiger partial charge in [0.25, 0.3) is 0 Å². The molecule has 3 aromatic rings. The Morgan fingerprint density at radius 2 is 1.90 bits per heavy atom. The zero-order valence-corrected chi connectivity index (χ0v) is 11.8. The van der Waals surface area contributed by atoms with Gasteiger partial charge in [0.2, 0.25) is 0 Å². The van der Waals surface area contributed by atoms with Gasteiger partial charge in [0, 0.05) is 24.5 Å². The van der Waals surface area contributed by atoms with Crippen LogP contribution in [0.1, 0.15) is 5.56 Å². The van der Waals surface area contributed by atoms with E-state index in [9.17, 15) is 8.78 Å². The van der Waals surface area contributed by atoms with Crippen molar-refractivity contribution in [2.75, 3.05) is 5.32 Å². The Hall–Kier alpha value is -2.27. The summed E-state index contributed by atoms with van der Waals surface area (Å²) in [5, 5.41) is 7.22. The van der Waals surface area contributed by atoms with E-state index >= 15 is 0 Å². The molecule has 0 unspecified atom stereocenters. The van der Waals surface area contributed by atoms with E-state index in [4.69, 9.17) is 0 Å². The summed E-state index contributed by atoms with van der Waals surface area (Å²) >= 11 is 1.63. The highest BCUT2D eigenvalue weighted by atomic mass is 32.1. The zero-order chi connectivity index (χ0) is 14.7. The van der Waals surface area contributed by atoms with E-state index in [1.807, 2.05) is 17.5 Å². The maximum atomic E-state index is 13.1. The van der Waals surface area contributed by atoms with Gasteiger partial charge in [0.1, 0.15) is 0 Å². The van der Waals surface area contributed by atoms with Crippen LogP contribution in [0.4, 0.5) is 14.5 Å². The quantitative estimate of drug-likeness (QED) is 0.755. The summed E-state index contributed by atoms with van der Waals surface area (Å²) in [5.41, 5.74) is 3.65. The van der Waals surface area contributed by atoms with Gasteiger partial charge >= 0.3 is 0 Å². The average Bonchev–Trinajstić information content (AvgIpc) is 3.03. The highest BCUT2D eigenvalue weighted by Crippen LogP contribution is 2.23. The van der Waals surface area contributed by atoms with Crippen molar-refractivity contribution in [2.24, 2.45) is 0 Å². The van der Waals surface area contributed by atoms with Crippen LogP contribution in [0.2, 0.25) is 0 Å². The number of benzene rings is 1. The predicted octanol–water partition coefficient (Wildman–Crippen LogP) is 4.70. The highest BCUT2D eigenvalue weighted by molar-refractivity contribution is 7.08. The van der Waals surface area contributed by atoms with E-state index in [0.29, 0.717) is 12.1 Å². The molecule has 0 aliphatic carbocycles. The molecule has 0 aliphatic heterocycles. The molecule has 21 heavy (non-hydrogen) atoms. The normalized spacial score (nSPS) is 10.6. The molecule has 0 atom stereocenters. The lowest BCUT2D eigenvalue weighted by atomic mass is 10.1. The van der Waals surface area contributed by atoms with Gasteiger partial charge in [0.05, 0.1) is 5.69 Å². The second-order valence-corrected chi connectivity index (χ2v) is 5.36. The van der Waals surface area contributed by atoms with Crippen LogP contribution in [0, 0.1) is 11.6 Å². The fourth-order valence-electron chi connectivity index (χ4n) is 1.98. The SMILES string of the molecule is Fc1ccc(CNc2cncc(-c3ccsc3)c2)cc1F. The lowest BCUT2D eigenvalue weighted by Gasteiger charge is -2.08. The molecule has 2 aromatic heterocycles. The van der Waals surface area contributed by atoms with Crippen LogP contribution in [0.5, 0.6) is 0 Å². The monoisotopic (exact) mass is 302 g/mol. The molecule has 106 valence electrons. The summed E-state index contributed by atoms with van der Waals surface area (Å²) in [6.45, 7) is 0.409. The fourth-order valence-corrected chi connectivity index (χ4v) is 2.64. The van der Waals surface area contributed by atoms with E-state index in [2.05, 4.69) is 15.7 Å². The summed E-state index contributed by atoms with van der Waals surface area (Å²) in [6.07, 6.45) is 3.50. The first-order valence-corrected chi connectivity index (χ1v) is 7.32. The third kappa shape index (κ3) is 3.25. The summed E-state index contributed by atoms with van der Waals surface area (Å²) in [6, 6.07) is 7.89. The molecule has 0 saturated heterocycles. The van der Waals surface area contributed by atoms with Gasteiger partial charge in [-0.15, -0.1) is 0 Å². The third-order valence-electron chi connectivity index (χ3n) is 3.07. The first kappa shape index (κ1) is 13.7. The number of halogens is 2. The van der Waals surface area contributed by atoms with Gasteiger partial charge in [-0.1, -0.05) is 6.07 Å². The Kier molecular flexibility index (Phi) is 3.92. The average molecular weight is 302 g/mol. The summed E-state index contributed by atoms with van der Waals surface area (Å²) < 4.78 is 26.0. The predicted molar refractivity (Wildman–Crippen MR) is 81.2 cm³/mol. The van der Waals surface area contributed by atoms with Crippen molar-refractivity contribution in [3.63, 3.8) is 0 Å². The second-order valence-electron chi connectivity index (χ2n) is 4.58. The molecule has 1 N–H and O–H groups in total. The molecule has 0 amide bonds. The van der Waals surface area contributed by atoms with Gasteiger partial charge < -0.3 is 5.32 Å². The topological polar surface area (TPSA) is 24.9 Å². The smallest absolute Gasteiger partial charge is 0.159 e. The number of nitrogens with zero attached hydrogens (tertiary/aromatic N) is 1. The summed E-state index contributed by atoms with van der Waals surface area (Å²) in [7, 11) is 0. The van der Waals surface area contributed by atoms with Crippen LogP contribution in [-0.4, -0.2) is 4.98 Å². The second kappa shape index (κ2) is 6.01. The Balaban J connectivity index is 1.73. The molecule has 1 aromatic carbocycles. The van der Waals surface area contributed by atoms with Crippen molar-refractivity contribution in [1.82, 2.24) is 4.98 Å². The molecule has 0 aliphatic rings. The van der Waals surface area contributed by atoms with Crippen molar-refractivity contribution < 1.29 is 8.78 Å². The Morgan fingerprint density at radius 1 is 1.00 bits per heavy atom. The third-order valence-corrected chi connectivity index (χ3v) is 3.76. The lowest BCUT2D eigenvalue weighted by Crippen LogP contribution is -2.01. The minimum atomic E-state index is -0.834. The molecular weight excluding hydrogens is 290 g/mol. The van der Waals surface area contributed by atoms with Gasteiger partial charge in [-0.25, -0.2) is 8.78 Å². The lowest BCUT2D eigenvalue weighted by molar-refractivity contribution is 0.507. The van der Waals surface area contributed by atoms with Crippen LogP contribution in [-0.2, 0) is 6.54 Å². The van der Waals surface area contributed by atoms with Gasteiger partial charge in [-0.3, -0.25) is 4.98 Å². The standard InChI is InChI=1S/C16H12F2N2S/c17-15-2-1-11(5-16(15)18)7-20-14-6-13(8-19-9-14)12-3-4-21-10-12/h1-6,8-10,20H,7H2. The molecule has 0 saturated carbocycles. The number of rotatable bonds is 4. The number of thiophene rings is 1. The molecule has 2 nitrogen and oxygen atoms in total. The van der Waals surface area contributed by atoms with Crippen LogP contribution in [0.3, 0.4) is 0 Å². The molecule has 0 radical (unpaired) electrons. The molecular formula is C16H12F2N2S. The van der Waals surface area contributed by atoms with Crippen molar-refractivity contribution in [3.05, 3.63) is 70.7 Å². The van der Waals surface area contributed by atoms with E-state index in [0.717, 1.165) is 22.9 Å². The summed E-state index contributed by atoms with van der Waals surface area (Å²) in [5.74, 6) is -1.67. The van der Waals surface area contributed by atoms with Crippen molar-refractivity contribution in [1.29, 1.82) is 0 Å². The minimum absolute atomic E-state index is 0.409. The van der Waals surface area contributed by atoms with Crippen LogP contribution in [0.25, 0.3) is 11.1 Å². The largest absolute Gasteiger partial charge is 0.380 e. The molecule has 5 heteroatoms. The molecule has 3 rings (SSSR count). The Labute approximate surface area is 125 Å². The van der Waals surface area contributed by atoms with E-state index < -0.39 is 11.6 Å². The van der Waals surface area contributed by atoms with Crippen molar-refractivity contribution in [2.45, 2.75) is 6.54 Å². The van der Waals surface area contributed by atoms with Crippen molar-refractivity contribution in [3.8, 4) is 11.1 Å². The number of hydrogen-bond acceptors (Lipinski definition) is 3. The maximum Gasteiger partial charge on any atom is 0.159 e. The molecule has 2 heterocycles. The highest BCUT2D eigenvalue weighted by Gasteiger charge is 2.04. The molecule has 0 bridgehead atoms. The number of pyridine rings is 1. The number of hydrogen-bond donors (Lipinski definition) is 1. The fraction of sp³-hybridized carbons (Fsp3) is 0.0625. The van der Waals surface area contributed by atoms with E-state index in [-0.39, 0.29) is 0 Å². The first-order chi connectivity index (χ1) is 10.2. The van der Waals surface area contributed by atoms with Crippen LogP contribution < -0.4 is 5.32 Å². The number of anilines is 1. The minimum Gasteiger partial charge on any atom is -0.380 e. The van der Waals surface area contributed by atoms with Gasteiger partial charge in [-0.05, 0) is 46.2 Å². The van der Waals surface area contributed by atoms with Crippen LogP contribution >= 0.6 is 11.3 Å².